The van der Waals surface area contributed by atoms with E-state index >= 15 is 0 Å². The van der Waals surface area contributed by atoms with Gasteiger partial charge in [0.2, 0.25) is 11.8 Å². The van der Waals surface area contributed by atoms with Crippen molar-refractivity contribution in [3.8, 4) is 0 Å². The molecule has 3 rings (SSSR count). The Bertz CT molecular complexity index is 562. The fourth-order valence-corrected chi connectivity index (χ4v) is 6.62. The zero-order valence-corrected chi connectivity index (χ0v) is 18.1. The third-order valence-corrected chi connectivity index (χ3v) is 8.86. The summed E-state index contributed by atoms with van der Waals surface area (Å²) >= 11 is 7.37. The predicted molar refractivity (Wildman–Crippen MR) is 100 cm³/mol. The van der Waals surface area contributed by atoms with Crippen molar-refractivity contribution >= 4 is 49.6 Å². The van der Waals surface area contributed by atoms with Crippen LogP contribution in [-0.4, -0.2) is 44.5 Å². The molecule has 140 valence electrons. The molecule has 1 aliphatic heterocycles. The minimum atomic E-state index is -0.810. The van der Waals surface area contributed by atoms with Gasteiger partial charge in [0.1, 0.15) is 6.04 Å². The molecule has 3 aliphatic rings. The van der Waals surface area contributed by atoms with Gasteiger partial charge in [-0.05, 0) is 44.4 Å². The molecule has 2 bridgehead atoms. The lowest BCUT2D eigenvalue weighted by Gasteiger charge is -2.28. The highest BCUT2D eigenvalue weighted by Gasteiger charge is 2.67. The molecule has 1 heterocycles. The van der Waals surface area contributed by atoms with Gasteiger partial charge in [-0.1, -0.05) is 45.7 Å². The van der Waals surface area contributed by atoms with E-state index in [1.165, 1.54) is 4.90 Å². The highest BCUT2D eigenvalue weighted by Crippen LogP contribution is 2.60. The molecule has 5 nitrogen and oxygen atoms in total. The van der Waals surface area contributed by atoms with E-state index in [0.717, 1.165) is 6.42 Å². The van der Waals surface area contributed by atoms with Crippen LogP contribution in [0.3, 0.4) is 0 Å². The molecule has 0 N–H and O–H groups in total. The number of fused-ring (bicyclic) bond motifs is 5. The van der Waals surface area contributed by atoms with Gasteiger partial charge >= 0.3 is 5.97 Å². The Morgan fingerprint density at radius 1 is 1.08 bits per heavy atom. The third kappa shape index (κ3) is 3.09. The molecule has 7 unspecified atom stereocenters. The monoisotopic (exact) mass is 477 g/mol. The summed E-state index contributed by atoms with van der Waals surface area (Å²) in [7, 11) is 0. The number of ether oxygens (including phenoxy) is 1. The van der Waals surface area contributed by atoms with Gasteiger partial charge < -0.3 is 4.74 Å². The summed E-state index contributed by atoms with van der Waals surface area (Å²) in [6, 6.07) is -0.810. The number of hydrogen-bond acceptors (Lipinski definition) is 4. The fourth-order valence-electron chi connectivity index (χ4n) is 4.74. The third-order valence-electron chi connectivity index (χ3n) is 5.65. The Morgan fingerprint density at radius 3 is 1.96 bits per heavy atom. The maximum Gasteiger partial charge on any atom is 0.329 e. The van der Waals surface area contributed by atoms with Crippen molar-refractivity contribution < 1.29 is 19.1 Å². The fraction of sp³-hybridized carbons (Fsp3) is 0.833. The van der Waals surface area contributed by atoms with Crippen molar-refractivity contribution in [2.24, 2.45) is 29.6 Å². The van der Waals surface area contributed by atoms with Gasteiger partial charge in [-0.25, -0.2) is 4.79 Å². The van der Waals surface area contributed by atoms with E-state index in [-0.39, 0.29) is 57.2 Å². The average Bonchev–Trinajstić information content (AvgIpc) is 3.09. The van der Waals surface area contributed by atoms with E-state index in [1.54, 1.807) is 13.8 Å². The summed E-state index contributed by atoms with van der Waals surface area (Å²) in [4.78, 5) is 40.5. The number of rotatable bonds is 5. The number of halogens is 2. The lowest BCUT2D eigenvalue weighted by atomic mass is 9.81. The second-order valence-electron chi connectivity index (χ2n) is 8.18. The summed E-state index contributed by atoms with van der Waals surface area (Å²) in [5, 5.41) is 0. The number of hydrogen-bond donors (Lipinski definition) is 0. The van der Waals surface area contributed by atoms with Crippen LogP contribution in [0, 0.1) is 29.6 Å². The number of carbonyl (C=O) groups is 3. The Kier molecular flexibility index (Phi) is 5.37. The molecule has 25 heavy (non-hydrogen) atoms. The zero-order chi connectivity index (χ0) is 18.6. The second-order valence-corrected chi connectivity index (χ2v) is 10.3. The Balaban J connectivity index is 1.89. The van der Waals surface area contributed by atoms with Crippen molar-refractivity contribution in [3.05, 3.63) is 0 Å². The molecule has 0 aromatic carbocycles. The van der Waals surface area contributed by atoms with Crippen LogP contribution < -0.4 is 0 Å². The number of alkyl halides is 2. The summed E-state index contributed by atoms with van der Waals surface area (Å²) in [6.07, 6.45) is 1.05. The van der Waals surface area contributed by atoms with Crippen LogP contribution in [0.5, 0.6) is 0 Å². The second kappa shape index (κ2) is 6.95. The van der Waals surface area contributed by atoms with E-state index in [0.29, 0.717) is 6.42 Å². The van der Waals surface area contributed by atoms with E-state index < -0.39 is 12.0 Å². The molecule has 1 saturated heterocycles. The van der Waals surface area contributed by atoms with Crippen LogP contribution in [0.4, 0.5) is 0 Å². The molecule has 3 fully saturated rings. The van der Waals surface area contributed by atoms with Crippen molar-refractivity contribution in [1.82, 2.24) is 4.90 Å². The van der Waals surface area contributed by atoms with Crippen molar-refractivity contribution in [2.75, 3.05) is 0 Å². The van der Waals surface area contributed by atoms with Crippen LogP contribution in [-0.2, 0) is 19.1 Å². The number of amides is 2. The van der Waals surface area contributed by atoms with Crippen molar-refractivity contribution in [3.63, 3.8) is 0 Å². The lowest BCUT2D eigenvalue weighted by molar-refractivity contribution is -0.162. The predicted octanol–water partition coefficient (Wildman–Crippen LogP) is 3.13. The molecule has 2 saturated carbocycles. The summed E-state index contributed by atoms with van der Waals surface area (Å²) < 4.78 is 5.35. The smallest absolute Gasteiger partial charge is 0.329 e. The quantitative estimate of drug-likeness (QED) is 0.346. The largest absolute Gasteiger partial charge is 0.461 e. The zero-order valence-electron chi connectivity index (χ0n) is 14.9. The molecule has 7 heteroatoms. The first kappa shape index (κ1) is 19.3. The topological polar surface area (TPSA) is 63.7 Å². The highest BCUT2D eigenvalue weighted by atomic mass is 79.9. The van der Waals surface area contributed by atoms with Crippen LogP contribution in [0.2, 0.25) is 0 Å². The molecule has 0 spiro atoms. The Labute approximate surface area is 165 Å². The first-order valence-corrected chi connectivity index (χ1v) is 10.8. The average molecular weight is 479 g/mol. The minimum Gasteiger partial charge on any atom is -0.461 e. The summed E-state index contributed by atoms with van der Waals surface area (Å²) in [6.45, 7) is 7.51. The first-order valence-electron chi connectivity index (χ1n) is 9.00. The highest BCUT2D eigenvalue weighted by molar-refractivity contribution is 9.12. The van der Waals surface area contributed by atoms with Gasteiger partial charge in [0.05, 0.1) is 17.9 Å². The number of likely N-dealkylation sites (tertiary alicyclic amines) is 1. The van der Waals surface area contributed by atoms with E-state index in [4.69, 9.17) is 4.74 Å². The maximum absolute atomic E-state index is 13.1. The van der Waals surface area contributed by atoms with Gasteiger partial charge in [-0.15, -0.1) is 0 Å². The molecular formula is C18H25Br2NO4. The van der Waals surface area contributed by atoms with Crippen LogP contribution in [0.1, 0.15) is 40.5 Å². The lowest BCUT2D eigenvalue weighted by Crippen LogP contribution is -2.48. The van der Waals surface area contributed by atoms with Gasteiger partial charge in [0.25, 0.3) is 0 Å². The van der Waals surface area contributed by atoms with E-state index in [1.807, 2.05) is 13.8 Å². The number of carbonyl (C=O) groups excluding carboxylic acids is 3. The van der Waals surface area contributed by atoms with Gasteiger partial charge in [0.15, 0.2) is 0 Å². The SMILES string of the molecule is CC(C)CC(C(=O)OC(C)C)N1C(=O)C2C3CC(C(Br)C3Br)C2C1=O. The Hall–Kier alpha value is -0.430. The number of nitrogens with zero attached hydrogens (tertiary/aromatic N) is 1. The van der Waals surface area contributed by atoms with Crippen LogP contribution >= 0.6 is 31.9 Å². The molecular weight excluding hydrogens is 454 g/mol. The molecule has 2 aliphatic carbocycles. The number of imide groups is 1. The molecule has 0 aromatic heterocycles. The van der Waals surface area contributed by atoms with E-state index in [9.17, 15) is 14.4 Å². The summed E-state index contributed by atoms with van der Waals surface area (Å²) in [5.41, 5.74) is 0. The Morgan fingerprint density at radius 2 is 1.56 bits per heavy atom. The van der Waals surface area contributed by atoms with E-state index in [2.05, 4.69) is 31.9 Å². The molecule has 0 radical (unpaired) electrons. The molecule has 0 aromatic rings. The van der Waals surface area contributed by atoms with Crippen LogP contribution in [0.25, 0.3) is 0 Å². The maximum atomic E-state index is 13.1. The molecule has 7 atom stereocenters. The van der Waals surface area contributed by atoms with Gasteiger partial charge in [0, 0.05) is 9.65 Å². The minimum absolute atomic E-state index is 0.154. The first-order chi connectivity index (χ1) is 11.6. The van der Waals surface area contributed by atoms with Crippen molar-refractivity contribution in [1.29, 1.82) is 0 Å². The normalized spacial score (nSPS) is 38.0. The summed E-state index contributed by atoms with van der Waals surface area (Å²) in [5.74, 6) is -0.938. The van der Waals surface area contributed by atoms with Crippen molar-refractivity contribution in [2.45, 2.75) is 62.3 Å². The molecule has 2 amide bonds. The van der Waals surface area contributed by atoms with Crippen LogP contribution in [0.15, 0.2) is 0 Å². The standard InChI is InChI=1S/C18H25Br2NO4/c1-7(2)5-11(18(24)25-8(3)4)21-16(22)12-9-6-10(13(12)17(21)23)15(20)14(9)19/h7-15H,5-6H2,1-4H3. The van der Waals surface area contributed by atoms with Gasteiger partial charge in [-0.3, -0.25) is 14.5 Å². The number of esters is 1. The van der Waals surface area contributed by atoms with Gasteiger partial charge in [-0.2, -0.15) is 0 Å².